The molecule has 0 bridgehead atoms. The van der Waals surface area contributed by atoms with E-state index < -0.39 is 6.36 Å². The summed E-state index contributed by atoms with van der Waals surface area (Å²) in [5.74, 6) is -0.223. The van der Waals surface area contributed by atoms with Gasteiger partial charge < -0.3 is 10.1 Å². The Morgan fingerprint density at radius 3 is 2.24 bits per heavy atom. The minimum atomic E-state index is -4.70. The molecule has 0 spiro atoms. The molecule has 1 atom stereocenters. The molecule has 112 valence electrons. The van der Waals surface area contributed by atoms with Gasteiger partial charge in [0.25, 0.3) is 0 Å². The second-order valence-corrected chi connectivity index (χ2v) is 4.56. The zero-order valence-corrected chi connectivity index (χ0v) is 11.5. The molecule has 2 aromatic carbocycles. The summed E-state index contributed by atoms with van der Waals surface area (Å²) in [6, 6.07) is 15.6. The van der Waals surface area contributed by atoms with Crippen LogP contribution in [0.5, 0.6) is 5.75 Å². The van der Waals surface area contributed by atoms with Crippen molar-refractivity contribution in [2.45, 2.75) is 25.7 Å². The number of halogens is 3. The van der Waals surface area contributed by atoms with Gasteiger partial charge in [0, 0.05) is 0 Å². The molecule has 0 saturated heterocycles. The predicted octanol–water partition coefficient (Wildman–Crippen LogP) is 5.15. The van der Waals surface area contributed by atoms with Gasteiger partial charge >= 0.3 is 6.36 Å². The number of para-hydroxylation sites is 2. The van der Waals surface area contributed by atoms with Gasteiger partial charge in [0.15, 0.2) is 5.75 Å². The highest BCUT2D eigenvalue weighted by Gasteiger charge is 2.32. The van der Waals surface area contributed by atoms with Crippen LogP contribution in [0.4, 0.5) is 18.9 Å². The summed E-state index contributed by atoms with van der Waals surface area (Å²) in [5, 5.41) is 3.11. The SMILES string of the molecule is CCC(Nc1ccccc1OC(F)(F)F)c1ccccc1. The number of rotatable bonds is 5. The van der Waals surface area contributed by atoms with Crippen LogP contribution < -0.4 is 10.1 Å². The molecule has 0 amide bonds. The lowest BCUT2D eigenvalue weighted by molar-refractivity contribution is -0.274. The van der Waals surface area contributed by atoms with Crippen molar-refractivity contribution in [3.8, 4) is 5.75 Å². The molecule has 1 unspecified atom stereocenters. The van der Waals surface area contributed by atoms with E-state index in [-0.39, 0.29) is 11.8 Å². The van der Waals surface area contributed by atoms with E-state index in [0.29, 0.717) is 5.69 Å². The lowest BCUT2D eigenvalue weighted by Crippen LogP contribution is -2.19. The molecule has 5 heteroatoms. The standard InChI is InChI=1S/C16H16F3NO/c1-2-13(12-8-4-3-5-9-12)20-14-10-6-7-11-15(14)21-16(17,18)19/h3-11,13,20H,2H2,1H3. The molecule has 2 rings (SSSR count). The Balaban J connectivity index is 2.22. The predicted molar refractivity (Wildman–Crippen MR) is 76.2 cm³/mol. The fourth-order valence-corrected chi connectivity index (χ4v) is 2.09. The second-order valence-electron chi connectivity index (χ2n) is 4.56. The molecule has 2 nitrogen and oxygen atoms in total. The Morgan fingerprint density at radius 1 is 1.00 bits per heavy atom. The summed E-state index contributed by atoms with van der Waals surface area (Å²) >= 11 is 0. The van der Waals surface area contributed by atoms with Gasteiger partial charge in [-0.3, -0.25) is 0 Å². The number of hydrogen-bond donors (Lipinski definition) is 1. The lowest BCUT2D eigenvalue weighted by atomic mass is 10.0. The number of ether oxygens (including phenoxy) is 1. The van der Waals surface area contributed by atoms with E-state index in [1.165, 1.54) is 12.1 Å². The van der Waals surface area contributed by atoms with Crippen molar-refractivity contribution in [2.75, 3.05) is 5.32 Å². The number of nitrogens with one attached hydrogen (secondary N) is 1. The van der Waals surface area contributed by atoms with E-state index in [1.54, 1.807) is 12.1 Å². The maximum atomic E-state index is 12.4. The first-order chi connectivity index (χ1) is 9.99. The lowest BCUT2D eigenvalue weighted by Gasteiger charge is -2.21. The third-order valence-corrected chi connectivity index (χ3v) is 3.05. The van der Waals surface area contributed by atoms with Crippen molar-refractivity contribution in [1.29, 1.82) is 0 Å². The summed E-state index contributed by atoms with van der Waals surface area (Å²) in [6.45, 7) is 1.97. The van der Waals surface area contributed by atoms with Crippen molar-refractivity contribution in [1.82, 2.24) is 0 Å². The van der Waals surface area contributed by atoms with E-state index in [9.17, 15) is 13.2 Å². The second kappa shape index (κ2) is 6.52. The van der Waals surface area contributed by atoms with E-state index in [2.05, 4.69) is 10.1 Å². The summed E-state index contributed by atoms with van der Waals surface area (Å²) in [4.78, 5) is 0. The van der Waals surface area contributed by atoms with Crippen LogP contribution >= 0.6 is 0 Å². The average molecular weight is 295 g/mol. The maximum Gasteiger partial charge on any atom is 0.573 e. The van der Waals surface area contributed by atoms with Crippen LogP contribution in [-0.4, -0.2) is 6.36 Å². The van der Waals surface area contributed by atoms with Gasteiger partial charge in [-0.25, -0.2) is 0 Å². The van der Waals surface area contributed by atoms with Gasteiger partial charge in [0.1, 0.15) is 0 Å². The van der Waals surface area contributed by atoms with Crippen LogP contribution in [0.3, 0.4) is 0 Å². The van der Waals surface area contributed by atoms with Crippen LogP contribution in [-0.2, 0) is 0 Å². The normalized spacial score (nSPS) is 12.8. The Hall–Kier alpha value is -2.17. The van der Waals surface area contributed by atoms with Crippen LogP contribution in [0.25, 0.3) is 0 Å². The van der Waals surface area contributed by atoms with E-state index in [1.807, 2.05) is 37.3 Å². The molecular formula is C16H16F3NO. The van der Waals surface area contributed by atoms with Crippen molar-refractivity contribution >= 4 is 5.69 Å². The molecule has 0 aliphatic rings. The number of hydrogen-bond acceptors (Lipinski definition) is 2. The Morgan fingerprint density at radius 2 is 1.62 bits per heavy atom. The minimum Gasteiger partial charge on any atom is -0.404 e. The summed E-state index contributed by atoms with van der Waals surface area (Å²) < 4.78 is 41.3. The Kier molecular flexibility index (Phi) is 4.73. The van der Waals surface area contributed by atoms with Gasteiger partial charge in [-0.1, -0.05) is 49.4 Å². The molecular weight excluding hydrogens is 279 g/mol. The summed E-state index contributed by atoms with van der Waals surface area (Å²) in [6.07, 6.45) is -3.96. The first kappa shape index (κ1) is 15.2. The molecule has 0 aliphatic carbocycles. The topological polar surface area (TPSA) is 21.3 Å². The highest BCUT2D eigenvalue weighted by atomic mass is 19.4. The molecule has 0 heterocycles. The number of anilines is 1. The summed E-state index contributed by atoms with van der Waals surface area (Å²) in [5.41, 5.74) is 1.34. The van der Waals surface area contributed by atoms with Crippen molar-refractivity contribution in [3.05, 3.63) is 60.2 Å². The molecule has 0 fully saturated rings. The number of alkyl halides is 3. The number of benzene rings is 2. The fourth-order valence-electron chi connectivity index (χ4n) is 2.09. The monoisotopic (exact) mass is 295 g/mol. The molecule has 0 radical (unpaired) electrons. The smallest absolute Gasteiger partial charge is 0.404 e. The molecule has 0 saturated carbocycles. The van der Waals surface area contributed by atoms with Gasteiger partial charge in [0.05, 0.1) is 11.7 Å². The van der Waals surface area contributed by atoms with Crippen molar-refractivity contribution < 1.29 is 17.9 Å². The van der Waals surface area contributed by atoms with Crippen LogP contribution in [0.15, 0.2) is 54.6 Å². The van der Waals surface area contributed by atoms with E-state index >= 15 is 0 Å². The third-order valence-electron chi connectivity index (χ3n) is 3.05. The Labute approximate surface area is 121 Å². The van der Waals surface area contributed by atoms with Gasteiger partial charge in [0.2, 0.25) is 0 Å². The average Bonchev–Trinajstić information content (AvgIpc) is 2.45. The van der Waals surface area contributed by atoms with Crippen molar-refractivity contribution in [3.63, 3.8) is 0 Å². The Bertz CT molecular complexity index is 569. The van der Waals surface area contributed by atoms with E-state index in [0.717, 1.165) is 12.0 Å². The zero-order chi connectivity index (χ0) is 15.3. The minimum absolute atomic E-state index is 0.0795. The van der Waals surface area contributed by atoms with Gasteiger partial charge in [-0.2, -0.15) is 0 Å². The molecule has 0 aromatic heterocycles. The molecule has 21 heavy (non-hydrogen) atoms. The molecule has 0 aliphatic heterocycles. The van der Waals surface area contributed by atoms with E-state index in [4.69, 9.17) is 0 Å². The van der Waals surface area contributed by atoms with Gasteiger partial charge in [-0.15, -0.1) is 13.2 Å². The third kappa shape index (κ3) is 4.41. The van der Waals surface area contributed by atoms with Gasteiger partial charge in [-0.05, 0) is 24.1 Å². The maximum absolute atomic E-state index is 12.4. The highest BCUT2D eigenvalue weighted by molar-refractivity contribution is 5.57. The van der Waals surface area contributed by atoms with Crippen molar-refractivity contribution in [2.24, 2.45) is 0 Å². The first-order valence-corrected chi connectivity index (χ1v) is 6.66. The van der Waals surface area contributed by atoms with Crippen LogP contribution in [0, 0.1) is 0 Å². The highest BCUT2D eigenvalue weighted by Crippen LogP contribution is 2.33. The van der Waals surface area contributed by atoms with Crippen LogP contribution in [0.2, 0.25) is 0 Å². The summed E-state index contributed by atoms with van der Waals surface area (Å²) in [7, 11) is 0. The fraction of sp³-hybridized carbons (Fsp3) is 0.250. The largest absolute Gasteiger partial charge is 0.573 e. The van der Waals surface area contributed by atoms with Crippen LogP contribution in [0.1, 0.15) is 24.9 Å². The first-order valence-electron chi connectivity index (χ1n) is 6.66. The zero-order valence-electron chi connectivity index (χ0n) is 11.5. The molecule has 1 N–H and O–H groups in total. The molecule has 2 aromatic rings. The quantitative estimate of drug-likeness (QED) is 0.823.